The van der Waals surface area contributed by atoms with Gasteiger partial charge in [0.1, 0.15) is 5.75 Å². The highest BCUT2D eigenvalue weighted by molar-refractivity contribution is 5.73. The SMILES string of the molecule is CCOC(=O)C1CCNC[C@H]1CCc1ccc(O)cc1. The summed E-state index contributed by atoms with van der Waals surface area (Å²) >= 11 is 0. The fourth-order valence-corrected chi connectivity index (χ4v) is 2.80. The third kappa shape index (κ3) is 3.97. The zero-order valence-electron chi connectivity index (χ0n) is 12.0. The van der Waals surface area contributed by atoms with Gasteiger partial charge >= 0.3 is 5.97 Å². The van der Waals surface area contributed by atoms with Crippen LogP contribution in [0.4, 0.5) is 0 Å². The predicted molar refractivity (Wildman–Crippen MR) is 77.5 cm³/mol. The van der Waals surface area contributed by atoms with Gasteiger partial charge in [0.25, 0.3) is 0 Å². The maximum absolute atomic E-state index is 12.0. The molecule has 0 aliphatic carbocycles. The van der Waals surface area contributed by atoms with E-state index in [0.29, 0.717) is 12.5 Å². The van der Waals surface area contributed by atoms with Gasteiger partial charge in [0.2, 0.25) is 0 Å². The molecule has 1 aliphatic rings. The Bertz CT molecular complexity index is 430. The minimum absolute atomic E-state index is 0.0216. The molecule has 110 valence electrons. The largest absolute Gasteiger partial charge is 0.508 e. The Labute approximate surface area is 120 Å². The van der Waals surface area contributed by atoms with Gasteiger partial charge in [-0.15, -0.1) is 0 Å². The topological polar surface area (TPSA) is 58.6 Å². The zero-order chi connectivity index (χ0) is 14.4. The van der Waals surface area contributed by atoms with E-state index in [1.807, 2.05) is 19.1 Å². The van der Waals surface area contributed by atoms with Crippen molar-refractivity contribution in [3.63, 3.8) is 0 Å². The van der Waals surface area contributed by atoms with Crippen molar-refractivity contribution in [1.82, 2.24) is 5.32 Å². The van der Waals surface area contributed by atoms with E-state index >= 15 is 0 Å². The summed E-state index contributed by atoms with van der Waals surface area (Å²) in [4.78, 5) is 12.0. The van der Waals surface area contributed by atoms with Gasteiger partial charge in [-0.2, -0.15) is 0 Å². The molecular formula is C16H23NO3. The molecule has 1 fully saturated rings. The molecule has 0 saturated carbocycles. The van der Waals surface area contributed by atoms with Gasteiger partial charge in [-0.3, -0.25) is 4.79 Å². The maximum Gasteiger partial charge on any atom is 0.309 e. The Morgan fingerprint density at radius 3 is 2.85 bits per heavy atom. The average molecular weight is 277 g/mol. The minimum atomic E-state index is -0.0512. The number of aromatic hydroxyl groups is 1. The Morgan fingerprint density at radius 2 is 2.15 bits per heavy atom. The van der Waals surface area contributed by atoms with Crippen LogP contribution in [0.5, 0.6) is 5.75 Å². The molecule has 1 aromatic carbocycles. The zero-order valence-corrected chi connectivity index (χ0v) is 12.0. The number of carbonyl (C=O) groups excluding carboxylic acids is 1. The van der Waals surface area contributed by atoms with Gasteiger partial charge in [-0.25, -0.2) is 0 Å². The molecule has 1 unspecified atom stereocenters. The number of phenolic OH excluding ortho intramolecular Hbond substituents is 1. The number of rotatable bonds is 5. The first-order valence-electron chi connectivity index (χ1n) is 7.36. The molecule has 4 nitrogen and oxygen atoms in total. The van der Waals surface area contributed by atoms with Crippen molar-refractivity contribution in [1.29, 1.82) is 0 Å². The van der Waals surface area contributed by atoms with Gasteiger partial charge in [0, 0.05) is 0 Å². The van der Waals surface area contributed by atoms with Gasteiger partial charge in [0.05, 0.1) is 12.5 Å². The lowest BCUT2D eigenvalue weighted by molar-refractivity contribution is -0.151. The summed E-state index contributed by atoms with van der Waals surface area (Å²) in [6, 6.07) is 7.28. The Morgan fingerprint density at radius 1 is 1.40 bits per heavy atom. The number of hydrogen-bond donors (Lipinski definition) is 2. The molecule has 0 amide bonds. The number of carbonyl (C=O) groups is 1. The van der Waals surface area contributed by atoms with E-state index < -0.39 is 0 Å². The molecule has 1 aromatic rings. The van der Waals surface area contributed by atoms with E-state index in [0.717, 1.165) is 32.4 Å². The van der Waals surface area contributed by atoms with E-state index in [1.54, 1.807) is 12.1 Å². The summed E-state index contributed by atoms with van der Waals surface area (Å²) in [6.07, 6.45) is 2.74. The molecule has 0 radical (unpaired) electrons. The van der Waals surface area contributed by atoms with E-state index in [4.69, 9.17) is 4.74 Å². The lowest BCUT2D eigenvalue weighted by atomic mass is 9.82. The summed E-state index contributed by atoms with van der Waals surface area (Å²) in [7, 11) is 0. The highest BCUT2D eigenvalue weighted by Crippen LogP contribution is 2.25. The van der Waals surface area contributed by atoms with Crippen LogP contribution >= 0.6 is 0 Å². The van der Waals surface area contributed by atoms with Crippen LogP contribution < -0.4 is 5.32 Å². The van der Waals surface area contributed by atoms with Crippen molar-refractivity contribution in [3.8, 4) is 5.75 Å². The number of aryl methyl sites for hydroxylation is 1. The van der Waals surface area contributed by atoms with Gasteiger partial charge < -0.3 is 15.2 Å². The molecule has 1 aliphatic heterocycles. The molecule has 2 N–H and O–H groups in total. The van der Waals surface area contributed by atoms with Crippen molar-refractivity contribution >= 4 is 5.97 Å². The first-order chi connectivity index (χ1) is 9.70. The summed E-state index contributed by atoms with van der Waals surface area (Å²) in [5.74, 6) is 0.590. The van der Waals surface area contributed by atoms with Crippen LogP contribution in [0.25, 0.3) is 0 Å². The Kier molecular flexibility index (Phi) is 5.41. The standard InChI is InChI=1S/C16H23NO3/c1-2-20-16(19)15-9-10-17-11-13(15)6-3-12-4-7-14(18)8-5-12/h4-5,7-8,13,15,17-18H,2-3,6,9-11H2,1H3/t13-,15?/m1/s1. The molecule has 0 aromatic heterocycles. The number of phenols is 1. The molecule has 1 saturated heterocycles. The van der Waals surface area contributed by atoms with Crippen LogP contribution in [0.2, 0.25) is 0 Å². The number of piperidine rings is 1. The molecular weight excluding hydrogens is 254 g/mol. The molecule has 0 bridgehead atoms. The van der Waals surface area contributed by atoms with Crippen LogP contribution in [-0.2, 0) is 16.0 Å². The molecule has 4 heteroatoms. The molecule has 1 heterocycles. The minimum Gasteiger partial charge on any atom is -0.508 e. The summed E-state index contributed by atoms with van der Waals surface area (Å²) in [5, 5.41) is 12.6. The van der Waals surface area contributed by atoms with Gasteiger partial charge in [-0.1, -0.05) is 12.1 Å². The average Bonchev–Trinajstić information content (AvgIpc) is 2.47. The van der Waals surface area contributed by atoms with Crippen molar-refractivity contribution < 1.29 is 14.6 Å². The molecule has 2 atom stereocenters. The second kappa shape index (κ2) is 7.29. The third-order valence-corrected chi connectivity index (χ3v) is 3.94. The van der Waals surface area contributed by atoms with E-state index in [-0.39, 0.29) is 17.6 Å². The van der Waals surface area contributed by atoms with Gasteiger partial charge in [-0.05, 0) is 62.9 Å². The monoisotopic (exact) mass is 277 g/mol. The Balaban J connectivity index is 1.91. The lowest BCUT2D eigenvalue weighted by Crippen LogP contribution is -2.41. The van der Waals surface area contributed by atoms with Crippen LogP contribution in [0.15, 0.2) is 24.3 Å². The normalized spacial score (nSPS) is 22.4. The van der Waals surface area contributed by atoms with Crippen molar-refractivity contribution in [2.75, 3.05) is 19.7 Å². The number of esters is 1. The fourth-order valence-electron chi connectivity index (χ4n) is 2.80. The van der Waals surface area contributed by atoms with Crippen molar-refractivity contribution in [2.45, 2.75) is 26.2 Å². The van der Waals surface area contributed by atoms with Crippen LogP contribution in [0.3, 0.4) is 0 Å². The van der Waals surface area contributed by atoms with Gasteiger partial charge in [0.15, 0.2) is 0 Å². The molecule has 0 spiro atoms. The first kappa shape index (κ1) is 14.9. The van der Waals surface area contributed by atoms with E-state index in [1.165, 1.54) is 5.56 Å². The molecule has 20 heavy (non-hydrogen) atoms. The lowest BCUT2D eigenvalue weighted by Gasteiger charge is -2.30. The van der Waals surface area contributed by atoms with Crippen LogP contribution in [0, 0.1) is 11.8 Å². The van der Waals surface area contributed by atoms with Crippen LogP contribution in [-0.4, -0.2) is 30.8 Å². The number of hydrogen-bond acceptors (Lipinski definition) is 4. The van der Waals surface area contributed by atoms with Crippen molar-refractivity contribution in [2.24, 2.45) is 11.8 Å². The summed E-state index contributed by atoms with van der Waals surface area (Å²) in [6.45, 7) is 4.07. The smallest absolute Gasteiger partial charge is 0.309 e. The maximum atomic E-state index is 12.0. The van der Waals surface area contributed by atoms with E-state index in [9.17, 15) is 9.90 Å². The Hall–Kier alpha value is -1.55. The van der Waals surface area contributed by atoms with Crippen LogP contribution in [0.1, 0.15) is 25.3 Å². The predicted octanol–water partition coefficient (Wildman–Crippen LogP) is 2.11. The second-order valence-corrected chi connectivity index (χ2v) is 5.32. The first-order valence-corrected chi connectivity index (χ1v) is 7.36. The second-order valence-electron chi connectivity index (χ2n) is 5.32. The number of benzene rings is 1. The van der Waals surface area contributed by atoms with Crippen molar-refractivity contribution in [3.05, 3.63) is 29.8 Å². The molecule has 2 rings (SSSR count). The highest BCUT2D eigenvalue weighted by Gasteiger charge is 2.31. The number of nitrogens with one attached hydrogen (secondary N) is 1. The summed E-state index contributed by atoms with van der Waals surface area (Å²) < 4.78 is 5.18. The summed E-state index contributed by atoms with van der Waals surface area (Å²) in [5.41, 5.74) is 1.19. The fraction of sp³-hybridized carbons (Fsp3) is 0.562. The quantitative estimate of drug-likeness (QED) is 0.809. The highest BCUT2D eigenvalue weighted by atomic mass is 16.5. The third-order valence-electron chi connectivity index (χ3n) is 3.94. The van der Waals surface area contributed by atoms with E-state index in [2.05, 4.69) is 5.32 Å². The number of ether oxygens (including phenoxy) is 1.